The molecule has 0 spiro atoms. The second kappa shape index (κ2) is 9.75. The Morgan fingerprint density at radius 2 is 0.909 bits per heavy atom. The topological polar surface area (TPSA) is 65.0 Å². The minimum Gasteiger partial charge on any atom is -0.456 e. The third kappa shape index (κ3) is 3.98. The van der Waals surface area contributed by atoms with E-state index >= 15 is 0 Å². The Labute approximate surface area is 252 Å². The summed E-state index contributed by atoms with van der Waals surface area (Å²) in [6.45, 7) is 0. The van der Waals surface area contributed by atoms with Crippen LogP contribution in [0.1, 0.15) is 0 Å². The maximum Gasteiger partial charge on any atom is 0.164 e. The second-order valence-electron chi connectivity index (χ2n) is 10.8. The molecule has 0 bridgehead atoms. The molecule has 3 heterocycles. The van der Waals surface area contributed by atoms with Crippen molar-refractivity contribution in [3.63, 3.8) is 0 Å². The summed E-state index contributed by atoms with van der Waals surface area (Å²) < 4.78 is 12.4. The van der Waals surface area contributed by atoms with Crippen molar-refractivity contribution < 1.29 is 8.83 Å². The summed E-state index contributed by atoms with van der Waals surface area (Å²) in [4.78, 5) is 15.1. The monoisotopic (exact) mass is 565 g/mol. The van der Waals surface area contributed by atoms with Crippen molar-refractivity contribution in [1.29, 1.82) is 0 Å². The molecule has 5 heteroatoms. The maximum absolute atomic E-state index is 6.33. The third-order valence-corrected chi connectivity index (χ3v) is 8.15. The Morgan fingerprint density at radius 1 is 0.341 bits per heavy atom. The van der Waals surface area contributed by atoms with Crippen LogP contribution in [-0.4, -0.2) is 15.0 Å². The molecule has 0 aliphatic rings. The van der Waals surface area contributed by atoms with Gasteiger partial charge in [0.05, 0.1) is 0 Å². The van der Waals surface area contributed by atoms with Gasteiger partial charge in [-0.3, -0.25) is 0 Å². The van der Waals surface area contributed by atoms with Gasteiger partial charge in [-0.15, -0.1) is 0 Å². The van der Waals surface area contributed by atoms with Gasteiger partial charge in [-0.2, -0.15) is 0 Å². The van der Waals surface area contributed by atoms with E-state index in [4.69, 9.17) is 23.8 Å². The van der Waals surface area contributed by atoms with Gasteiger partial charge in [0.15, 0.2) is 17.5 Å². The molecule has 0 fully saturated rings. The summed E-state index contributed by atoms with van der Waals surface area (Å²) >= 11 is 0. The van der Waals surface area contributed by atoms with Gasteiger partial charge in [-0.1, -0.05) is 97.1 Å². The number of hydrogen-bond acceptors (Lipinski definition) is 5. The van der Waals surface area contributed by atoms with Crippen molar-refractivity contribution >= 4 is 43.9 Å². The molecule has 206 valence electrons. The van der Waals surface area contributed by atoms with Crippen LogP contribution in [0.3, 0.4) is 0 Å². The van der Waals surface area contributed by atoms with Gasteiger partial charge in [-0.05, 0) is 53.6 Å². The Hall–Kier alpha value is -6.07. The lowest BCUT2D eigenvalue weighted by Gasteiger charge is -2.09. The van der Waals surface area contributed by atoms with Gasteiger partial charge in [0.25, 0.3) is 0 Å². The van der Waals surface area contributed by atoms with Crippen molar-refractivity contribution in [3.8, 4) is 45.3 Å². The number of para-hydroxylation sites is 1. The Balaban J connectivity index is 1.29. The van der Waals surface area contributed by atoms with E-state index in [1.165, 1.54) is 0 Å². The molecule has 0 radical (unpaired) electrons. The lowest BCUT2D eigenvalue weighted by Crippen LogP contribution is -2.00. The van der Waals surface area contributed by atoms with Crippen molar-refractivity contribution in [2.24, 2.45) is 0 Å². The van der Waals surface area contributed by atoms with Crippen LogP contribution in [0.25, 0.3) is 89.2 Å². The number of nitrogens with zero attached hydrogens (tertiary/aromatic N) is 3. The van der Waals surface area contributed by atoms with Gasteiger partial charge in [-0.25, -0.2) is 15.0 Å². The molecule has 0 atom stereocenters. The van der Waals surface area contributed by atoms with Gasteiger partial charge in [0.1, 0.15) is 22.3 Å². The maximum atomic E-state index is 6.33. The highest BCUT2D eigenvalue weighted by atomic mass is 16.3. The van der Waals surface area contributed by atoms with Crippen molar-refractivity contribution in [1.82, 2.24) is 15.0 Å². The van der Waals surface area contributed by atoms with E-state index in [0.29, 0.717) is 17.5 Å². The molecule has 44 heavy (non-hydrogen) atoms. The number of benzene rings is 6. The molecule has 0 aliphatic heterocycles. The molecular weight excluding hydrogens is 542 g/mol. The van der Waals surface area contributed by atoms with Crippen LogP contribution < -0.4 is 0 Å². The molecule has 0 N–H and O–H groups in total. The lowest BCUT2D eigenvalue weighted by molar-refractivity contribution is 0.668. The van der Waals surface area contributed by atoms with Crippen molar-refractivity contribution in [2.45, 2.75) is 0 Å². The zero-order chi connectivity index (χ0) is 29.0. The molecule has 6 aromatic carbocycles. The first-order valence-electron chi connectivity index (χ1n) is 14.5. The smallest absolute Gasteiger partial charge is 0.164 e. The predicted octanol–water partition coefficient (Wildman–Crippen LogP) is 10.3. The number of rotatable bonds is 4. The van der Waals surface area contributed by atoms with Crippen molar-refractivity contribution in [3.05, 3.63) is 140 Å². The molecule has 0 amide bonds. The normalized spacial score (nSPS) is 11.6. The first-order chi connectivity index (χ1) is 21.8. The number of hydrogen-bond donors (Lipinski definition) is 0. The summed E-state index contributed by atoms with van der Waals surface area (Å²) in [6, 6.07) is 47.0. The van der Waals surface area contributed by atoms with E-state index in [2.05, 4.69) is 54.6 Å². The van der Waals surface area contributed by atoms with Gasteiger partial charge in [0.2, 0.25) is 0 Å². The minimum absolute atomic E-state index is 0.587. The number of aromatic nitrogens is 3. The molecule has 9 aromatic rings. The average Bonchev–Trinajstić information content (AvgIpc) is 3.66. The van der Waals surface area contributed by atoms with E-state index in [0.717, 1.165) is 71.7 Å². The largest absolute Gasteiger partial charge is 0.456 e. The minimum atomic E-state index is 0.587. The molecule has 5 nitrogen and oxygen atoms in total. The zero-order valence-electron chi connectivity index (χ0n) is 23.4. The summed E-state index contributed by atoms with van der Waals surface area (Å²) in [5.41, 5.74) is 8.27. The first-order valence-corrected chi connectivity index (χ1v) is 14.5. The summed E-state index contributed by atoms with van der Waals surface area (Å²) in [5.74, 6) is 1.79. The molecule has 9 rings (SSSR count). The highest BCUT2D eigenvalue weighted by Gasteiger charge is 2.19. The fourth-order valence-electron chi connectivity index (χ4n) is 6.03. The fourth-order valence-corrected chi connectivity index (χ4v) is 6.03. The lowest BCUT2D eigenvalue weighted by atomic mass is 10.0. The summed E-state index contributed by atoms with van der Waals surface area (Å²) in [7, 11) is 0. The highest BCUT2D eigenvalue weighted by Crippen LogP contribution is 2.39. The second-order valence-corrected chi connectivity index (χ2v) is 10.8. The summed E-state index contributed by atoms with van der Waals surface area (Å²) in [6.07, 6.45) is 0. The van der Waals surface area contributed by atoms with Crippen LogP contribution in [0.5, 0.6) is 0 Å². The highest BCUT2D eigenvalue weighted by molar-refractivity contribution is 6.13. The van der Waals surface area contributed by atoms with Crippen LogP contribution >= 0.6 is 0 Å². The summed E-state index contributed by atoms with van der Waals surface area (Å²) in [5, 5.41) is 4.09. The van der Waals surface area contributed by atoms with E-state index in [1.54, 1.807) is 0 Å². The Kier molecular flexibility index (Phi) is 5.43. The van der Waals surface area contributed by atoms with Gasteiger partial charge < -0.3 is 8.83 Å². The first kappa shape index (κ1) is 24.5. The van der Waals surface area contributed by atoms with Gasteiger partial charge >= 0.3 is 0 Å². The predicted molar refractivity (Wildman–Crippen MR) is 176 cm³/mol. The third-order valence-electron chi connectivity index (χ3n) is 8.15. The SMILES string of the molecule is c1ccc(-c2ccc3oc4cccc(-c5nc(-c6ccccc6)nc(-c6ccc7oc8ccccc8c7c6)n5)c4c3c2)cc1. The van der Waals surface area contributed by atoms with E-state index in [9.17, 15) is 0 Å². The molecule has 0 saturated carbocycles. The standard InChI is InChI=1S/C39H23N3O2/c1-3-10-24(11-4-1)26-18-20-34-31(22-26)36-29(15-9-17-35(36)44-34)39-41-37(25-12-5-2-6-13-25)40-38(42-39)27-19-21-33-30(23-27)28-14-7-8-16-32(28)43-33/h1-23H. The van der Waals surface area contributed by atoms with E-state index < -0.39 is 0 Å². The van der Waals surface area contributed by atoms with Crippen LogP contribution in [-0.2, 0) is 0 Å². The Bertz CT molecular complexity index is 2500. The number of furan rings is 2. The fraction of sp³-hybridized carbons (Fsp3) is 0. The van der Waals surface area contributed by atoms with E-state index in [-0.39, 0.29) is 0 Å². The molecular formula is C39H23N3O2. The quantitative estimate of drug-likeness (QED) is 0.212. The van der Waals surface area contributed by atoms with Crippen LogP contribution in [0.4, 0.5) is 0 Å². The molecule has 0 unspecified atom stereocenters. The van der Waals surface area contributed by atoms with Crippen molar-refractivity contribution in [2.75, 3.05) is 0 Å². The van der Waals surface area contributed by atoms with Gasteiger partial charge in [0, 0.05) is 38.2 Å². The van der Waals surface area contributed by atoms with Crippen LogP contribution in [0.15, 0.2) is 148 Å². The molecule has 0 aliphatic carbocycles. The van der Waals surface area contributed by atoms with Crippen LogP contribution in [0, 0.1) is 0 Å². The average molecular weight is 566 g/mol. The number of fused-ring (bicyclic) bond motifs is 6. The van der Waals surface area contributed by atoms with Crippen LogP contribution in [0.2, 0.25) is 0 Å². The zero-order valence-corrected chi connectivity index (χ0v) is 23.4. The van der Waals surface area contributed by atoms with E-state index in [1.807, 2.05) is 84.9 Å². The molecule has 3 aromatic heterocycles. The Morgan fingerprint density at radius 3 is 1.73 bits per heavy atom. The molecule has 0 saturated heterocycles.